The molecule has 5 nitrogen and oxygen atoms in total. The molecule has 2 aromatic carbocycles. The van der Waals surface area contributed by atoms with Gasteiger partial charge in [-0.05, 0) is 62.1 Å². The number of carbonyl (C=O) groups excluding carboxylic acids is 1. The van der Waals surface area contributed by atoms with Crippen LogP contribution in [0.25, 0.3) is 11.0 Å². The van der Waals surface area contributed by atoms with Crippen LogP contribution in [-0.2, 0) is 4.79 Å². The van der Waals surface area contributed by atoms with E-state index >= 15 is 0 Å². The number of hydrogen-bond donors (Lipinski definition) is 2. The zero-order chi connectivity index (χ0) is 19.0. The van der Waals surface area contributed by atoms with Crippen molar-refractivity contribution in [3.8, 4) is 0 Å². The molecule has 140 valence electrons. The van der Waals surface area contributed by atoms with Gasteiger partial charge in [0, 0.05) is 22.7 Å². The number of halogens is 2. The van der Waals surface area contributed by atoms with Gasteiger partial charge < -0.3 is 10.3 Å². The summed E-state index contributed by atoms with van der Waals surface area (Å²) in [6, 6.07) is 12.7. The first kappa shape index (κ1) is 18.1. The van der Waals surface area contributed by atoms with Gasteiger partial charge in [-0.15, -0.1) is 0 Å². The third-order valence-electron chi connectivity index (χ3n) is 5.25. The number of nitrogens with one attached hydrogen (secondary N) is 2. The third-order valence-corrected chi connectivity index (χ3v) is 5.81. The SMILES string of the molecule is O=C(Nc1ccc(Cl)cc1)C1CCC(n2c(=O)[nH]c3c(Cl)cccc32)CC1. The fourth-order valence-electron chi connectivity index (χ4n) is 3.85. The molecule has 1 amide bonds. The molecule has 0 radical (unpaired) electrons. The van der Waals surface area contributed by atoms with Gasteiger partial charge in [0.05, 0.1) is 16.1 Å². The van der Waals surface area contributed by atoms with E-state index in [1.54, 1.807) is 34.9 Å². The minimum absolute atomic E-state index is 0.0186. The Bertz CT molecular complexity index is 1030. The van der Waals surface area contributed by atoms with Gasteiger partial charge in [-0.1, -0.05) is 29.3 Å². The van der Waals surface area contributed by atoms with Crippen LogP contribution in [0.1, 0.15) is 31.7 Å². The predicted molar refractivity (Wildman–Crippen MR) is 109 cm³/mol. The lowest BCUT2D eigenvalue weighted by Crippen LogP contribution is -2.31. The van der Waals surface area contributed by atoms with Crippen molar-refractivity contribution >= 4 is 45.8 Å². The van der Waals surface area contributed by atoms with Gasteiger partial charge in [-0.3, -0.25) is 9.36 Å². The minimum Gasteiger partial charge on any atom is -0.326 e. The van der Waals surface area contributed by atoms with Gasteiger partial charge in [0.1, 0.15) is 0 Å². The number of benzene rings is 2. The van der Waals surface area contributed by atoms with E-state index in [1.165, 1.54) is 0 Å². The van der Waals surface area contributed by atoms with Crippen LogP contribution in [-0.4, -0.2) is 15.5 Å². The maximum absolute atomic E-state index is 12.5. The molecule has 0 bridgehead atoms. The summed E-state index contributed by atoms with van der Waals surface area (Å²) in [5, 5.41) is 4.13. The molecule has 4 rings (SSSR count). The van der Waals surface area contributed by atoms with Crippen molar-refractivity contribution in [2.24, 2.45) is 5.92 Å². The number of H-pyrrole nitrogens is 1. The molecular formula is C20H19Cl2N3O2. The Hall–Kier alpha value is -2.24. The molecule has 0 spiro atoms. The number of amides is 1. The highest BCUT2D eigenvalue weighted by Crippen LogP contribution is 2.34. The maximum atomic E-state index is 12.5. The van der Waals surface area contributed by atoms with Crippen LogP contribution in [0.4, 0.5) is 5.69 Å². The van der Waals surface area contributed by atoms with Crippen molar-refractivity contribution in [1.82, 2.24) is 9.55 Å². The number of hydrogen-bond acceptors (Lipinski definition) is 2. The summed E-state index contributed by atoms with van der Waals surface area (Å²) in [5.74, 6) is -0.0356. The zero-order valence-electron chi connectivity index (χ0n) is 14.5. The second kappa shape index (κ2) is 7.41. The Labute approximate surface area is 166 Å². The number of nitrogens with zero attached hydrogens (tertiary/aromatic N) is 1. The lowest BCUT2D eigenvalue weighted by Gasteiger charge is -2.28. The third kappa shape index (κ3) is 3.62. The zero-order valence-corrected chi connectivity index (χ0v) is 16.1. The van der Waals surface area contributed by atoms with Crippen molar-refractivity contribution in [3.63, 3.8) is 0 Å². The Morgan fingerprint density at radius 2 is 1.74 bits per heavy atom. The van der Waals surface area contributed by atoms with E-state index in [9.17, 15) is 9.59 Å². The monoisotopic (exact) mass is 403 g/mol. The molecule has 1 saturated carbocycles. The van der Waals surface area contributed by atoms with E-state index in [0.717, 1.165) is 36.9 Å². The molecule has 27 heavy (non-hydrogen) atoms. The lowest BCUT2D eigenvalue weighted by atomic mass is 9.85. The van der Waals surface area contributed by atoms with Crippen molar-refractivity contribution in [3.05, 3.63) is 63.0 Å². The summed E-state index contributed by atoms with van der Waals surface area (Å²) >= 11 is 12.1. The molecule has 7 heteroatoms. The van der Waals surface area contributed by atoms with Crippen molar-refractivity contribution in [2.75, 3.05) is 5.32 Å². The molecule has 0 saturated heterocycles. The summed E-state index contributed by atoms with van der Waals surface area (Å²) < 4.78 is 1.79. The molecule has 1 aromatic heterocycles. The molecular weight excluding hydrogens is 385 g/mol. The number of para-hydroxylation sites is 1. The van der Waals surface area contributed by atoms with Crippen LogP contribution in [0.5, 0.6) is 0 Å². The first-order valence-corrected chi connectivity index (χ1v) is 9.73. The maximum Gasteiger partial charge on any atom is 0.326 e. The van der Waals surface area contributed by atoms with E-state index in [1.807, 2.05) is 12.1 Å². The Balaban J connectivity index is 1.45. The van der Waals surface area contributed by atoms with Gasteiger partial charge >= 0.3 is 5.69 Å². The lowest BCUT2D eigenvalue weighted by molar-refractivity contribution is -0.121. The standard InChI is InChI=1S/C20H19Cl2N3O2/c21-13-6-8-14(9-7-13)23-19(26)12-4-10-15(11-5-12)25-17-3-1-2-16(22)18(17)24-20(25)27/h1-3,6-9,12,15H,4-5,10-11H2,(H,23,26)(H,24,27). The quantitative estimate of drug-likeness (QED) is 0.645. The van der Waals surface area contributed by atoms with E-state index < -0.39 is 0 Å². The molecule has 1 fully saturated rings. The average Bonchev–Trinajstić information content (AvgIpc) is 3.01. The summed E-state index contributed by atoms with van der Waals surface area (Å²) in [7, 11) is 0. The highest BCUT2D eigenvalue weighted by atomic mass is 35.5. The molecule has 1 aliphatic rings. The molecule has 1 heterocycles. The summed E-state index contributed by atoms with van der Waals surface area (Å²) in [6.07, 6.45) is 3.03. The van der Waals surface area contributed by atoms with Crippen LogP contribution in [0.3, 0.4) is 0 Å². The number of fused-ring (bicyclic) bond motifs is 1. The molecule has 0 aliphatic heterocycles. The van der Waals surface area contributed by atoms with E-state index in [-0.39, 0.29) is 23.6 Å². The van der Waals surface area contributed by atoms with Crippen molar-refractivity contribution in [1.29, 1.82) is 0 Å². The van der Waals surface area contributed by atoms with Crippen molar-refractivity contribution in [2.45, 2.75) is 31.7 Å². The predicted octanol–water partition coefficient (Wildman–Crippen LogP) is 5.01. The Morgan fingerprint density at radius 3 is 2.44 bits per heavy atom. The average molecular weight is 404 g/mol. The molecule has 2 N–H and O–H groups in total. The van der Waals surface area contributed by atoms with Crippen molar-refractivity contribution < 1.29 is 4.79 Å². The first-order valence-electron chi connectivity index (χ1n) is 8.98. The highest BCUT2D eigenvalue weighted by Gasteiger charge is 2.29. The molecule has 0 unspecified atom stereocenters. The smallest absolute Gasteiger partial charge is 0.326 e. The number of aromatic nitrogens is 2. The fourth-order valence-corrected chi connectivity index (χ4v) is 4.19. The fraction of sp³-hybridized carbons (Fsp3) is 0.300. The van der Waals surface area contributed by atoms with Crippen LogP contribution in [0.15, 0.2) is 47.3 Å². The summed E-state index contributed by atoms with van der Waals surface area (Å²) in [4.78, 5) is 27.8. The van der Waals surface area contributed by atoms with Gasteiger partial charge in [0.25, 0.3) is 0 Å². The second-order valence-corrected chi connectivity index (χ2v) is 7.78. The van der Waals surface area contributed by atoms with Gasteiger partial charge in [0.2, 0.25) is 5.91 Å². The highest BCUT2D eigenvalue weighted by molar-refractivity contribution is 6.34. The topological polar surface area (TPSA) is 66.9 Å². The summed E-state index contributed by atoms with van der Waals surface area (Å²) in [6.45, 7) is 0. The number of anilines is 1. The minimum atomic E-state index is -0.146. The van der Waals surface area contributed by atoms with E-state index in [0.29, 0.717) is 15.6 Å². The van der Waals surface area contributed by atoms with E-state index in [4.69, 9.17) is 23.2 Å². The van der Waals surface area contributed by atoms with Crippen LogP contribution in [0.2, 0.25) is 10.0 Å². The molecule has 0 atom stereocenters. The Morgan fingerprint density at radius 1 is 1.04 bits per heavy atom. The normalized spacial score (nSPS) is 19.9. The number of carbonyl (C=O) groups is 1. The van der Waals surface area contributed by atoms with Gasteiger partial charge in [-0.25, -0.2) is 4.79 Å². The largest absolute Gasteiger partial charge is 0.326 e. The first-order chi connectivity index (χ1) is 13.0. The van der Waals surface area contributed by atoms with Crippen LogP contribution >= 0.6 is 23.2 Å². The number of imidazole rings is 1. The second-order valence-electron chi connectivity index (χ2n) is 6.94. The Kier molecular flexibility index (Phi) is 4.98. The molecule has 3 aromatic rings. The van der Waals surface area contributed by atoms with E-state index in [2.05, 4.69) is 10.3 Å². The summed E-state index contributed by atoms with van der Waals surface area (Å²) in [5.41, 5.74) is 2.09. The number of aromatic amines is 1. The van der Waals surface area contributed by atoms with Crippen LogP contribution < -0.4 is 11.0 Å². The number of rotatable bonds is 3. The van der Waals surface area contributed by atoms with Crippen LogP contribution in [0, 0.1) is 5.92 Å². The van der Waals surface area contributed by atoms with Gasteiger partial charge in [-0.2, -0.15) is 0 Å². The van der Waals surface area contributed by atoms with Gasteiger partial charge in [0.15, 0.2) is 0 Å². The molecule has 1 aliphatic carbocycles.